The lowest BCUT2D eigenvalue weighted by Crippen LogP contribution is -2.41. The van der Waals surface area contributed by atoms with Crippen molar-refractivity contribution >= 4 is 28.8 Å². The summed E-state index contributed by atoms with van der Waals surface area (Å²) in [5, 5.41) is 0. The van der Waals surface area contributed by atoms with Crippen molar-refractivity contribution in [1.29, 1.82) is 0 Å². The summed E-state index contributed by atoms with van der Waals surface area (Å²) >= 11 is 0. The molecule has 1 aliphatic carbocycles. The zero-order valence-corrected chi connectivity index (χ0v) is 21.7. The van der Waals surface area contributed by atoms with Crippen LogP contribution in [0.1, 0.15) is 62.0 Å². The van der Waals surface area contributed by atoms with Crippen LogP contribution >= 0.6 is 0 Å². The number of oxazole rings is 1. The topological polar surface area (TPSA) is 102 Å². The van der Waals surface area contributed by atoms with Gasteiger partial charge in [0, 0.05) is 39.0 Å². The van der Waals surface area contributed by atoms with Gasteiger partial charge in [0.2, 0.25) is 0 Å². The average Bonchev–Trinajstić information content (AvgIpc) is 3.42. The van der Waals surface area contributed by atoms with Gasteiger partial charge in [0.25, 0.3) is 0 Å². The van der Waals surface area contributed by atoms with E-state index in [4.69, 9.17) is 9.15 Å². The number of aromatic nitrogens is 3. The van der Waals surface area contributed by atoms with Crippen LogP contribution in [-0.2, 0) is 11.2 Å². The van der Waals surface area contributed by atoms with Crippen LogP contribution in [0.5, 0.6) is 0 Å². The number of halogens is 1. The van der Waals surface area contributed by atoms with E-state index < -0.39 is 11.4 Å². The van der Waals surface area contributed by atoms with Crippen LogP contribution in [0.4, 0.5) is 15.0 Å². The fourth-order valence-corrected chi connectivity index (χ4v) is 4.71. The maximum absolute atomic E-state index is 14.3. The first kappa shape index (κ1) is 25.1. The quantitative estimate of drug-likeness (QED) is 0.422. The van der Waals surface area contributed by atoms with Crippen molar-refractivity contribution in [2.24, 2.45) is 5.92 Å². The minimum absolute atomic E-state index is 0.0198. The number of hydrogen-bond donors (Lipinski definition) is 0. The Bertz CT molecular complexity index is 1310. The van der Waals surface area contributed by atoms with Gasteiger partial charge in [-0.1, -0.05) is 0 Å². The standard InChI is InChI=1S/C27H32FN5O4/c1-16-31-25-20(28)9-18(11-23(25)36-16)10-22(34)21-12-30-24(13-29-21)32-8-7-17(14-32)15-33(19-5-6-19)26(35)37-27(2,3)4/h9,11-13,17,19H,5-8,10,14-15H2,1-4H3/t17-/m0/s1. The number of rotatable bonds is 7. The minimum Gasteiger partial charge on any atom is -0.444 e. The molecule has 0 spiro atoms. The molecule has 9 nitrogen and oxygen atoms in total. The molecule has 0 N–H and O–H groups in total. The number of amides is 1. The molecule has 196 valence electrons. The van der Waals surface area contributed by atoms with Gasteiger partial charge in [0.15, 0.2) is 23.1 Å². The summed E-state index contributed by atoms with van der Waals surface area (Å²) in [5.41, 5.74) is 0.671. The molecule has 1 amide bonds. The SMILES string of the molecule is Cc1nc2c(F)cc(CC(=O)c3cnc(N4CC[C@H](CN(C(=O)OC(C)(C)C)C5CC5)C4)cn3)cc2o1. The lowest BCUT2D eigenvalue weighted by Gasteiger charge is -2.29. The predicted octanol–water partition coefficient (Wildman–Crippen LogP) is 4.72. The summed E-state index contributed by atoms with van der Waals surface area (Å²) in [4.78, 5) is 42.3. The summed E-state index contributed by atoms with van der Waals surface area (Å²) in [6.45, 7) is 9.51. The molecule has 5 rings (SSSR count). The third-order valence-electron chi connectivity index (χ3n) is 6.58. The van der Waals surface area contributed by atoms with E-state index in [0.29, 0.717) is 35.3 Å². The number of Topliss-reactive ketones (excluding diaryl/α,β-unsaturated/α-hetero) is 1. The van der Waals surface area contributed by atoms with E-state index in [1.807, 2.05) is 25.7 Å². The molecule has 1 aliphatic heterocycles. The largest absolute Gasteiger partial charge is 0.444 e. The maximum atomic E-state index is 14.3. The molecular formula is C27H32FN5O4. The summed E-state index contributed by atoms with van der Waals surface area (Å²) in [7, 11) is 0. The second-order valence-electron chi connectivity index (χ2n) is 11.0. The molecule has 1 atom stereocenters. The van der Waals surface area contributed by atoms with E-state index in [0.717, 1.165) is 32.4 Å². The highest BCUT2D eigenvalue weighted by molar-refractivity contribution is 5.96. The number of carbonyl (C=O) groups excluding carboxylic acids is 2. The Hall–Kier alpha value is -3.56. The number of ketones is 1. The molecule has 0 radical (unpaired) electrons. The Morgan fingerprint density at radius 3 is 2.65 bits per heavy atom. The monoisotopic (exact) mass is 509 g/mol. The van der Waals surface area contributed by atoms with Crippen molar-refractivity contribution in [3.05, 3.63) is 47.5 Å². The highest BCUT2D eigenvalue weighted by atomic mass is 19.1. The second kappa shape index (κ2) is 9.72. The fourth-order valence-electron chi connectivity index (χ4n) is 4.71. The van der Waals surface area contributed by atoms with Gasteiger partial charge in [-0.25, -0.2) is 24.1 Å². The Balaban J connectivity index is 1.19. The first-order chi connectivity index (χ1) is 17.6. The number of aryl methyl sites for hydroxylation is 1. The molecule has 1 saturated heterocycles. The Kier molecular flexibility index (Phi) is 6.59. The van der Waals surface area contributed by atoms with Crippen molar-refractivity contribution in [3.8, 4) is 0 Å². The first-order valence-corrected chi connectivity index (χ1v) is 12.7. The third kappa shape index (κ3) is 5.89. The predicted molar refractivity (Wildman–Crippen MR) is 135 cm³/mol. The van der Waals surface area contributed by atoms with Gasteiger partial charge >= 0.3 is 6.09 Å². The first-order valence-electron chi connectivity index (χ1n) is 12.7. The highest BCUT2D eigenvalue weighted by Gasteiger charge is 2.38. The van der Waals surface area contributed by atoms with E-state index in [2.05, 4.69) is 19.9 Å². The minimum atomic E-state index is -0.519. The van der Waals surface area contributed by atoms with Crippen LogP contribution in [0.3, 0.4) is 0 Å². The number of nitrogens with zero attached hydrogens (tertiary/aromatic N) is 5. The van der Waals surface area contributed by atoms with Gasteiger partial charge in [-0.15, -0.1) is 0 Å². The fraction of sp³-hybridized carbons (Fsp3) is 0.519. The van der Waals surface area contributed by atoms with Crippen LogP contribution in [0, 0.1) is 18.7 Å². The van der Waals surface area contributed by atoms with Gasteiger partial charge in [0.05, 0.1) is 12.4 Å². The zero-order valence-electron chi connectivity index (χ0n) is 21.7. The molecule has 10 heteroatoms. The molecule has 0 bridgehead atoms. The normalized spacial score (nSPS) is 17.9. The van der Waals surface area contributed by atoms with E-state index in [1.165, 1.54) is 12.3 Å². The molecule has 3 aromatic rings. The summed E-state index contributed by atoms with van der Waals surface area (Å²) in [5.74, 6) is 0.590. The molecule has 2 aliphatic rings. The number of fused-ring (bicyclic) bond motifs is 1. The summed E-state index contributed by atoms with van der Waals surface area (Å²) < 4.78 is 25.3. The molecular weight excluding hydrogens is 477 g/mol. The molecule has 37 heavy (non-hydrogen) atoms. The lowest BCUT2D eigenvalue weighted by atomic mass is 10.1. The molecule has 3 heterocycles. The lowest BCUT2D eigenvalue weighted by molar-refractivity contribution is 0.0208. The van der Waals surface area contributed by atoms with Gasteiger partial charge in [-0.05, 0) is 63.6 Å². The van der Waals surface area contributed by atoms with Crippen LogP contribution in [0.25, 0.3) is 11.1 Å². The number of hydrogen-bond acceptors (Lipinski definition) is 8. The summed E-state index contributed by atoms with van der Waals surface area (Å²) in [6.07, 6.45) is 5.79. The Labute approximate surface area is 215 Å². The van der Waals surface area contributed by atoms with E-state index in [9.17, 15) is 14.0 Å². The Morgan fingerprint density at radius 2 is 1.97 bits per heavy atom. The average molecular weight is 510 g/mol. The van der Waals surface area contributed by atoms with Crippen LogP contribution in [0.2, 0.25) is 0 Å². The number of ether oxygens (including phenoxy) is 1. The van der Waals surface area contributed by atoms with E-state index in [-0.39, 0.29) is 35.5 Å². The van der Waals surface area contributed by atoms with E-state index in [1.54, 1.807) is 19.2 Å². The molecule has 1 saturated carbocycles. The number of benzene rings is 1. The van der Waals surface area contributed by atoms with Gasteiger partial charge in [-0.3, -0.25) is 4.79 Å². The van der Waals surface area contributed by atoms with Crippen LogP contribution in [-0.4, -0.2) is 63.0 Å². The van der Waals surface area contributed by atoms with Crippen molar-refractivity contribution in [1.82, 2.24) is 19.9 Å². The van der Waals surface area contributed by atoms with E-state index >= 15 is 0 Å². The Morgan fingerprint density at radius 1 is 1.19 bits per heavy atom. The molecule has 2 fully saturated rings. The summed E-state index contributed by atoms with van der Waals surface area (Å²) in [6, 6.07) is 3.21. The third-order valence-corrected chi connectivity index (χ3v) is 6.58. The zero-order chi connectivity index (χ0) is 26.3. The van der Waals surface area contributed by atoms with Gasteiger partial charge in [-0.2, -0.15) is 0 Å². The van der Waals surface area contributed by atoms with Crippen LogP contribution < -0.4 is 4.90 Å². The van der Waals surface area contributed by atoms with Crippen LogP contribution in [0.15, 0.2) is 28.9 Å². The maximum Gasteiger partial charge on any atom is 0.410 e. The molecule has 0 unspecified atom stereocenters. The molecule has 1 aromatic carbocycles. The van der Waals surface area contributed by atoms with Crippen molar-refractivity contribution in [2.45, 2.75) is 65.0 Å². The van der Waals surface area contributed by atoms with Crippen molar-refractivity contribution < 1.29 is 23.1 Å². The molecule has 2 aromatic heterocycles. The second-order valence-corrected chi connectivity index (χ2v) is 11.0. The smallest absolute Gasteiger partial charge is 0.410 e. The van der Waals surface area contributed by atoms with Crippen molar-refractivity contribution in [2.75, 3.05) is 24.5 Å². The number of anilines is 1. The highest BCUT2D eigenvalue weighted by Crippen LogP contribution is 2.31. The van der Waals surface area contributed by atoms with Gasteiger partial charge < -0.3 is 19.0 Å². The van der Waals surface area contributed by atoms with Gasteiger partial charge in [0.1, 0.15) is 22.6 Å². The van der Waals surface area contributed by atoms with Crippen molar-refractivity contribution in [3.63, 3.8) is 0 Å². The number of carbonyl (C=O) groups is 2.